The molecule has 0 spiro atoms. The number of hydrogen-bond donors (Lipinski definition) is 0. The molecule has 76 heavy (non-hydrogen) atoms. The van der Waals surface area contributed by atoms with Gasteiger partial charge in [0.2, 0.25) is 12.2 Å². The summed E-state index contributed by atoms with van der Waals surface area (Å²) in [6.45, 7) is 2.40. The van der Waals surface area contributed by atoms with Crippen molar-refractivity contribution < 1.29 is 133 Å². The lowest BCUT2D eigenvalue weighted by Gasteiger charge is -2.46. The number of methoxy groups -OCH3 is 8. The van der Waals surface area contributed by atoms with Crippen LogP contribution in [0.3, 0.4) is 0 Å². The highest BCUT2D eigenvalue weighted by atomic mass is 127. The molecule has 4 aromatic rings. The van der Waals surface area contributed by atoms with Crippen LogP contribution in [0.1, 0.15) is 71.1 Å². The number of fused-ring (bicyclic) bond motifs is 2. The van der Waals surface area contributed by atoms with Gasteiger partial charge in [-0.15, -0.1) is 0 Å². The summed E-state index contributed by atoms with van der Waals surface area (Å²) in [4.78, 5) is 51.1. The zero-order chi connectivity index (χ0) is 53.4. The zero-order valence-electron chi connectivity index (χ0n) is 45.3. The first kappa shape index (κ1) is 63.1. The van der Waals surface area contributed by atoms with E-state index in [2.05, 4.69) is 14.1 Å². The second kappa shape index (κ2) is 29.9. The monoisotopic (exact) mass is 1280 g/mol. The van der Waals surface area contributed by atoms with Gasteiger partial charge in [-0.1, -0.05) is 12.1 Å². The van der Waals surface area contributed by atoms with Crippen LogP contribution in [0.25, 0.3) is 0 Å². The van der Waals surface area contributed by atoms with Crippen LogP contribution >= 0.6 is 0 Å². The normalized spacial score (nSPS) is 19.0. The molecule has 0 saturated heterocycles. The Morgan fingerprint density at radius 1 is 0.487 bits per heavy atom. The summed E-state index contributed by atoms with van der Waals surface area (Å²) in [6.07, 6.45) is 2.55. The Kier molecular flexibility index (Phi) is 24.8. The molecule has 418 valence electrons. The number of nitrogens with zero attached hydrogens (tertiary/aromatic N) is 2. The minimum absolute atomic E-state index is 0. The molecule has 0 N–H and O–H groups in total. The van der Waals surface area contributed by atoms with E-state index in [0.717, 1.165) is 33.4 Å². The number of esters is 2. The average molecular weight is 1290 g/mol. The first-order valence-corrected chi connectivity index (χ1v) is 24.9. The fourth-order valence-corrected chi connectivity index (χ4v) is 10.5. The highest BCUT2D eigenvalue weighted by Crippen LogP contribution is 2.45. The van der Waals surface area contributed by atoms with Gasteiger partial charge in [0.1, 0.15) is 25.2 Å². The van der Waals surface area contributed by atoms with Crippen LogP contribution in [0, 0.1) is 0 Å². The highest BCUT2D eigenvalue weighted by molar-refractivity contribution is 5.76. The Bertz CT molecular complexity index is 2390. The molecule has 6 rings (SSSR count). The van der Waals surface area contributed by atoms with Gasteiger partial charge in [0, 0.05) is 36.8 Å². The molecule has 0 radical (unpaired) electrons. The molecule has 2 heterocycles. The van der Waals surface area contributed by atoms with Crippen molar-refractivity contribution in [3.05, 3.63) is 94.0 Å². The number of carbonyl (C=O) groups is 4. The first-order valence-electron chi connectivity index (χ1n) is 24.9. The van der Waals surface area contributed by atoms with E-state index in [4.69, 9.17) is 56.8 Å². The lowest BCUT2D eigenvalue weighted by molar-refractivity contribution is -0.943. The highest BCUT2D eigenvalue weighted by Gasteiger charge is 2.46. The summed E-state index contributed by atoms with van der Waals surface area (Å²) in [5.41, 5.74) is 6.23. The van der Waals surface area contributed by atoms with Gasteiger partial charge in [-0.2, -0.15) is 0 Å². The molecule has 4 aromatic carbocycles. The third kappa shape index (κ3) is 15.2. The van der Waals surface area contributed by atoms with Gasteiger partial charge in [0.15, 0.2) is 46.0 Å². The Labute approximate surface area is 481 Å². The maximum Gasteiger partial charge on any atom is 0.353 e. The van der Waals surface area contributed by atoms with Crippen molar-refractivity contribution in [3.63, 3.8) is 0 Å². The van der Waals surface area contributed by atoms with Crippen LogP contribution < -0.4 is 85.8 Å². The van der Waals surface area contributed by atoms with Crippen molar-refractivity contribution in [3.8, 4) is 46.0 Å². The molecule has 6 atom stereocenters. The number of carbonyl (C=O) groups excluding carboxylic acids is 4. The van der Waals surface area contributed by atoms with Crippen LogP contribution in [0.4, 0.5) is 0 Å². The quantitative estimate of drug-likeness (QED) is 0.0186. The second-order valence-corrected chi connectivity index (χ2v) is 19.1. The van der Waals surface area contributed by atoms with Gasteiger partial charge in [-0.25, -0.2) is 9.59 Å². The minimum Gasteiger partial charge on any atom is -1.00 e. The summed E-state index contributed by atoms with van der Waals surface area (Å²) in [7, 11) is 16.9. The molecule has 0 fully saturated rings. The minimum atomic E-state index is -1.16. The van der Waals surface area contributed by atoms with E-state index in [1.165, 1.54) is 0 Å². The van der Waals surface area contributed by atoms with Crippen molar-refractivity contribution in [1.29, 1.82) is 0 Å². The molecular formula is C56H74I2N2O16. The molecule has 6 unspecified atom stereocenters. The summed E-state index contributed by atoms with van der Waals surface area (Å²) in [6, 6.07) is 19.2. The van der Waals surface area contributed by atoms with E-state index < -0.39 is 24.1 Å². The fourth-order valence-electron chi connectivity index (χ4n) is 10.5. The number of unbranched alkanes of at least 4 members (excludes halogenated alkanes) is 3. The van der Waals surface area contributed by atoms with E-state index in [1.807, 2.05) is 60.7 Å². The first-order chi connectivity index (χ1) is 35.7. The second-order valence-electron chi connectivity index (χ2n) is 19.1. The Hall–Kier alpha value is -5.46. The van der Waals surface area contributed by atoms with Gasteiger partial charge in [0.25, 0.3) is 12.9 Å². The number of benzene rings is 4. The van der Waals surface area contributed by atoms with Crippen LogP contribution in [-0.2, 0) is 63.8 Å². The van der Waals surface area contributed by atoms with E-state index in [9.17, 15) is 19.2 Å². The van der Waals surface area contributed by atoms with Crippen molar-refractivity contribution in [2.45, 2.75) is 75.7 Å². The number of ether oxygens (including phenoxy) is 12. The van der Waals surface area contributed by atoms with Gasteiger partial charge < -0.3 is 114 Å². The van der Waals surface area contributed by atoms with E-state index in [-0.39, 0.29) is 86.3 Å². The number of halogens is 2. The van der Waals surface area contributed by atoms with Gasteiger partial charge in [-0.05, 0) is 96.5 Å². The summed E-state index contributed by atoms with van der Waals surface area (Å²) in [5, 5.41) is 0. The average Bonchev–Trinajstić information content (AvgIpc) is 3.41. The third-order valence-corrected chi connectivity index (χ3v) is 14.7. The van der Waals surface area contributed by atoms with Crippen molar-refractivity contribution in [1.82, 2.24) is 0 Å². The largest absolute Gasteiger partial charge is 1.00 e. The van der Waals surface area contributed by atoms with Crippen molar-refractivity contribution in [2.75, 3.05) is 110 Å². The molecule has 0 bridgehead atoms. The van der Waals surface area contributed by atoms with Crippen molar-refractivity contribution in [2.24, 2.45) is 0 Å². The van der Waals surface area contributed by atoms with E-state index in [1.54, 1.807) is 56.9 Å². The summed E-state index contributed by atoms with van der Waals surface area (Å²) < 4.78 is 68.0. The summed E-state index contributed by atoms with van der Waals surface area (Å²) in [5.74, 6) is 3.58. The molecule has 18 nitrogen and oxygen atoms in total. The van der Waals surface area contributed by atoms with Crippen LogP contribution in [0.15, 0.2) is 60.7 Å². The maximum atomic E-state index is 13.7. The van der Waals surface area contributed by atoms with Gasteiger partial charge >= 0.3 is 11.9 Å². The molecule has 0 aromatic heterocycles. The molecule has 2 aliphatic heterocycles. The Morgan fingerprint density at radius 2 is 0.816 bits per heavy atom. The molecule has 0 saturated carbocycles. The maximum absolute atomic E-state index is 13.7. The smallest absolute Gasteiger partial charge is 0.353 e. The molecule has 20 heteroatoms. The van der Waals surface area contributed by atoms with E-state index >= 15 is 0 Å². The van der Waals surface area contributed by atoms with Crippen LogP contribution in [-0.4, -0.2) is 156 Å². The van der Waals surface area contributed by atoms with Crippen LogP contribution in [0.2, 0.25) is 0 Å². The predicted molar refractivity (Wildman–Crippen MR) is 273 cm³/mol. The topological polar surface area (TPSA) is 179 Å². The SMILES string of the molecule is COc1ccc(CC2c3cc(OC)c(OC)cc3CC[N+]2(C)CC(OC=O)C(=O)OCCCCCCOC(=O)C(C[N+]2(C)CCc3cc(OC)c(OC)cc3C2Cc2ccc(OC)c(OC)c2)OC=O)cc1OC.[I-].[I-]. The van der Waals surface area contributed by atoms with Gasteiger partial charge in [0.05, 0.1) is 97.3 Å². The molecule has 2 aliphatic rings. The van der Waals surface area contributed by atoms with Gasteiger partial charge in [-0.3, -0.25) is 9.59 Å². The summed E-state index contributed by atoms with van der Waals surface area (Å²) >= 11 is 0. The number of rotatable bonds is 29. The molecular weight excluding hydrogens is 1210 g/mol. The van der Waals surface area contributed by atoms with Crippen LogP contribution in [0.5, 0.6) is 46.0 Å². The Balaban J connectivity index is 0.00000624. The number of quaternary nitrogens is 2. The third-order valence-electron chi connectivity index (χ3n) is 14.7. The van der Waals surface area contributed by atoms with E-state index in [0.29, 0.717) is 132 Å². The number of likely N-dealkylation sites (N-methyl/N-ethyl adjacent to an activating group) is 2. The fraction of sp³-hybridized carbons (Fsp3) is 0.500. The Morgan fingerprint density at radius 3 is 1.14 bits per heavy atom. The van der Waals surface area contributed by atoms with Crippen molar-refractivity contribution >= 4 is 24.9 Å². The number of hydrogen-bond acceptors (Lipinski definition) is 16. The molecule has 0 amide bonds. The lowest BCUT2D eigenvalue weighted by Crippen LogP contribution is -3.00. The predicted octanol–water partition coefficient (Wildman–Crippen LogP) is 0.767. The lowest BCUT2D eigenvalue weighted by atomic mass is 9.86. The zero-order valence-corrected chi connectivity index (χ0v) is 49.6. The standard InChI is InChI=1S/C56H74N2O16.2HI/c1-57(21-19-39-29-49(67-7)51(69-9)31-41(39)43(57)25-37-15-17-45(63-3)47(27-37)65-5)33-53(73-35-59)55(61)71-23-13-11-12-14-24-72-56(62)54(74-36-60)34-58(2)22-20-40-30-50(68-8)52(70-10)32-42(40)44(58)26-38-16-18-46(64-4)48(28-38)66-6;;/h15-18,27-32,35-36,43-44,53-54H,11-14,19-26,33-34H2,1-10H3;2*1H/q+2;;/p-2. The molecule has 0 aliphatic carbocycles.